The van der Waals surface area contributed by atoms with Crippen molar-refractivity contribution in [2.24, 2.45) is 0 Å². The summed E-state index contributed by atoms with van der Waals surface area (Å²) in [6, 6.07) is 0. The molecule has 0 amide bonds. The van der Waals surface area contributed by atoms with E-state index in [2.05, 4.69) is 0 Å². The maximum absolute atomic E-state index is 12.5. The molecule has 72 valence electrons. The van der Waals surface area contributed by atoms with Gasteiger partial charge in [-0.3, -0.25) is 4.90 Å². The molecule has 0 aromatic carbocycles. The summed E-state index contributed by atoms with van der Waals surface area (Å²) in [5.74, 6) is -7.69. The van der Waals surface area contributed by atoms with Crippen molar-refractivity contribution in [3.05, 3.63) is 0 Å². The molecule has 0 saturated carbocycles. The third kappa shape index (κ3) is 1.55. The summed E-state index contributed by atoms with van der Waals surface area (Å²) in [5, 5.41) is 0. The van der Waals surface area contributed by atoms with E-state index in [1.807, 2.05) is 0 Å². The van der Waals surface area contributed by atoms with Crippen LogP contribution in [0.3, 0.4) is 0 Å². The van der Waals surface area contributed by atoms with Crippen LogP contribution in [0.2, 0.25) is 0 Å². The molecule has 0 radical (unpaired) electrons. The minimum atomic E-state index is -3.85. The number of rotatable bonds is 2. The zero-order valence-electron chi connectivity index (χ0n) is 6.79. The van der Waals surface area contributed by atoms with Crippen LogP contribution in [0.15, 0.2) is 0 Å². The molecule has 0 aliphatic carbocycles. The minimum Gasteiger partial charge on any atom is -0.291 e. The fourth-order valence-corrected chi connectivity index (χ4v) is 1.32. The molecule has 12 heavy (non-hydrogen) atoms. The molecule has 1 fully saturated rings. The fraction of sp³-hybridized carbons (Fsp3) is 1.00. The number of hydrogen-bond acceptors (Lipinski definition) is 1. The van der Waals surface area contributed by atoms with Crippen molar-refractivity contribution >= 4 is 0 Å². The predicted molar refractivity (Wildman–Crippen MR) is 36.6 cm³/mol. The van der Waals surface area contributed by atoms with Gasteiger partial charge in [-0.2, -0.15) is 17.6 Å². The Morgan fingerprint density at radius 2 is 1.50 bits per heavy atom. The number of alkyl halides is 4. The van der Waals surface area contributed by atoms with Crippen molar-refractivity contribution in [3.8, 4) is 0 Å². The second-order valence-corrected chi connectivity index (χ2v) is 3.12. The van der Waals surface area contributed by atoms with Crippen molar-refractivity contribution < 1.29 is 17.6 Å². The quantitative estimate of drug-likeness (QED) is 0.594. The summed E-state index contributed by atoms with van der Waals surface area (Å²) in [6.45, 7) is 0.460. The molecule has 0 aromatic heterocycles. The van der Waals surface area contributed by atoms with Crippen molar-refractivity contribution in [3.63, 3.8) is 0 Å². The van der Waals surface area contributed by atoms with Gasteiger partial charge in [0.1, 0.15) is 0 Å². The highest BCUT2D eigenvalue weighted by molar-refractivity contribution is 4.96. The highest BCUT2D eigenvalue weighted by Crippen LogP contribution is 2.40. The Balaban J connectivity index is 2.61. The molecule has 1 aliphatic heterocycles. The highest BCUT2D eigenvalue weighted by Gasteiger charge is 2.62. The molecule has 5 heteroatoms. The van der Waals surface area contributed by atoms with E-state index >= 15 is 0 Å². The Morgan fingerprint density at radius 1 is 1.08 bits per heavy atom. The van der Waals surface area contributed by atoms with Gasteiger partial charge in [0.25, 0.3) is 0 Å². The molecule has 1 nitrogen and oxygen atoms in total. The van der Waals surface area contributed by atoms with Gasteiger partial charge in [0.2, 0.25) is 0 Å². The van der Waals surface area contributed by atoms with Crippen LogP contribution in [0.5, 0.6) is 0 Å². The summed E-state index contributed by atoms with van der Waals surface area (Å²) in [5.41, 5.74) is 0. The molecule has 0 bridgehead atoms. The van der Waals surface area contributed by atoms with E-state index in [0.29, 0.717) is 13.0 Å². The second-order valence-electron chi connectivity index (χ2n) is 3.12. The van der Waals surface area contributed by atoms with E-state index in [1.54, 1.807) is 6.92 Å². The molecule has 1 heterocycles. The molecule has 0 aromatic rings. The van der Waals surface area contributed by atoms with Gasteiger partial charge in [0.05, 0.1) is 13.1 Å². The minimum absolute atomic E-state index is 0.311. The highest BCUT2D eigenvalue weighted by atomic mass is 19.3. The van der Waals surface area contributed by atoms with Gasteiger partial charge in [-0.1, -0.05) is 6.92 Å². The Kier molecular flexibility index (Phi) is 2.33. The topological polar surface area (TPSA) is 3.24 Å². The van der Waals surface area contributed by atoms with Gasteiger partial charge in [-0.05, 0) is 13.0 Å². The maximum atomic E-state index is 12.5. The van der Waals surface area contributed by atoms with Crippen LogP contribution in [-0.4, -0.2) is 36.4 Å². The lowest BCUT2D eigenvalue weighted by Gasteiger charge is -2.15. The third-order valence-corrected chi connectivity index (χ3v) is 1.92. The summed E-state index contributed by atoms with van der Waals surface area (Å²) in [4.78, 5) is 1.10. The van der Waals surface area contributed by atoms with Gasteiger partial charge in [0.15, 0.2) is 0 Å². The normalized spacial score (nSPS) is 27.8. The van der Waals surface area contributed by atoms with E-state index < -0.39 is 24.9 Å². The van der Waals surface area contributed by atoms with Gasteiger partial charge in [-0.25, -0.2) is 0 Å². The Morgan fingerprint density at radius 3 is 1.83 bits per heavy atom. The molecule has 1 rings (SSSR count). The average molecular weight is 185 g/mol. The number of nitrogens with zero attached hydrogens (tertiary/aromatic N) is 1. The van der Waals surface area contributed by atoms with E-state index in [9.17, 15) is 17.6 Å². The van der Waals surface area contributed by atoms with Crippen molar-refractivity contribution in [1.29, 1.82) is 0 Å². The Bertz CT molecular complexity index is 153. The van der Waals surface area contributed by atoms with E-state index in [-0.39, 0.29) is 0 Å². The first-order chi connectivity index (χ1) is 5.39. The summed E-state index contributed by atoms with van der Waals surface area (Å²) in [7, 11) is 0. The van der Waals surface area contributed by atoms with Crippen LogP contribution in [0.25, 0.3) is 0 Å². The lowest BCUT2D eigenvalue weighted by atomic mass is 10.2. The maximum Gasteiger partial charge on any atom is 0.323 e. The van der Waals surface area contributed by atoms with Gasteiger partial charge in [-0.15, -0.1) is 0 Å². The first-order valence-electron chi connectivity index (χ1n) is 3.87. The SMILES string of the molecule is CCCN1CC(F)(F)C(F)(F)C1. The lowest BCUT2D eigenvalue weighted by Crippen LogP contribution is -2.38. The zero-order chi connectivity index (χ0) is 9.41. The zero-order valence-corrected chi connectivity index (χ0v) is 6.79. The van der Waals surface area contributed by atoms with E-state index in [1.165, 1.54) is 0 Å². The monoisotopic (exact) mass is 185 g/mol. The molecular formula is C7H11F4N. The van der Waals surface area contributed by atoms with Gasteiger partial charge >= 0.3 is 11.8 Å². The summed E-state index contributed by atoms with van der Waals surface area (Å²) >= 11 is 0. The van der Waals surface area contributed by atoms with Crippen LogP contribution in [0.4, 0.5) is 17.6 Å². The van der Waals surface area contributed by atoms with Crippen LogP contribution < -0.4 is 0 Å². The Labute approximate surface area is 68.3 Å². The van der Waals surface area contributed by atoms with Crippen LogP contribution in [-0.2, 0) is 0 Å². The molecular weight excluding hydrogens is 174 g/mol. The van der Waals surface area contributed by atoms with E-state index in [0.717, 1.165) is 4.90 Å². The molecule has 0 N–H and O–H groups in total. The van der Waals surface area contributed by atoms with Gasteiger partial charge in [0, 0.05) is 0 Å². The molecule has 1 saturated heterocycles. The van der Waals surface area contributed by atoms with Crippen molar-refractivity contribution in [1.82, 2.24) is 4.90 Å². The second kappa shape index (κ2) is 2.87. The van der Waals surface area contributed by atoms with Crippen LogP contribution in [0, 0.1) is 0 Å². The van der Waals surface area contributed by atoms with Crippen molar-refractivity contribution in [2.45, 2.75) is 25.2 Å². The van der Waals surface area contributed by atoms with Crippen LogP contribution >= 0.6 is 0 Å². The molecule has 0 unspecified atom stereocenters. The average Bonchev–Trinajstić information content (AvgIpc) is 2.02. The molecule has 1 aliphatic rings. The molecule has 0 atom stereocenters. The summed E-state index contributed by atoms with van der Waals surface area (Å²) < 4.78 is 50.0. The largest absolute Gasteiger partial charge is 0.323 e. The predicted octanol–water partition coefficient (Wildman–Crippen LogP) is 1.98. The number of halogens is 4. The van der Waals surface area contributed by atoms with E-state index in [4.69, 9.17) is 0 Å². The van der Waals surface area contributed by atoms with Crippen molar-refractivity contribution in [2.75, 3.05) is 19.6 Å². The third-order valence-electron chi connectivity index (χ3n) is 1.92. The lowest BCUT2D eigenvalue weighted by molar-refractivity contribution is -0.172. The smallest absolute Gasteiger partial charge is 0.291 e. The summed E-state index contributed by atoms with van der Waals surface area (Å²) in [6.07, 6.45) is 0.617. The number of likely N-dealkylation sites (tertiary alicyclic amines) is 1. The first kappa shape index (κ1) is 9.77. The van der Waals surface area contributed by atoms with Crippen LogP contribution in [0.1, 0.15) is 13.3 Å². The molecule has 0 spiro atoms. The first-order valence-corrected chi connectivity index (χ1v) is 3.87. The fourth-order valence-electron chi connectivity index (χ4n) is 1.32. The number of hydrogen-bond donors (Lipinski definition) is 0. The standard InChI is InChI=1S/C7H11F4N/c1-2-3-12-4-6(8,9)7(10,11)5-12/h2-5H2,1H3. The van der Waals surface area contributed by atoms with Gasteiger partial charge < -0.3 is 0 Å². The Hall–Kier alpha value is -0.320.